The van der Waals surface area contributed by atoms with Gasteiger partial charge in [0, 0.05) is 17.7 Å². The molecule has 23 heavy (non-hydrogen) atoms. The summed E-state index contributed by atoms with van der Waals surface area (Å²) < 4.78 is 45.6. The number of hydrogen-bond donors (Lipinski definition) is 0. The van der Waals surface area contributed by atoms with Crippen LogP contribution in [0.2, 0.25) is 0 Å². The van der Waals surface area contributed by atoms with Gasteiger partial charge < -0.3 is 9.47 Å². The van der Waals surface area contributed by atoms with Gasteiger partial charge in [-0.3, -0.25) is 10.1 Å². The van der Waals surface area contributed by atoms with Crippen LogP contribution in [0.5, 0.6) is 11.5 Å². The minimum absolute atomic E-state index is 0.108. The fourth-order valence-corrected chi connectivity index (χ4v) is 2.01. The van der Waals surface area contributed by atoms with Gasteiger partial charge in [0.15, 0.2) is 0 Å². The number of ether oxygens (including phenoxy) is 2. The summed E-state index contributed by atoms with van der Waals surface area (Å²) in [6.07, 6.45) is -3.74. The zero-order chi connectivity index (χ0) is 17.2. The molecule has 0 aliphatic rings. The number of halogens is 3. The summed E-state index contributed by atoms with van der Waals surface area (Å²) in [5.41, 5.74) is 1.07. The van der Waals surface area contributed by atoms with Gasteiger partial charge in [-0.1, -0.05) is 0 Å². The molecule has 2 aromatic rings. The van der Waals surface area contributed by atoms with Crippen molar-refractivity contribution in [2.24, 2.45) is 0 Å². The zero-order valence-electron chi connectivity index (χ0n) is 12.0. The number of hydrogen-bond acceptors (Lipinski definition) is 5. The van der Waals surface area contributed by atoms with E-state index in [0.29, 0.717) is 16.8 Å². The van der Waals surface area contributed by atoms with Crippen molar-refractivity contribution in [2.45, 2.75) is 13.3 Å². The molecule has 1 aromatic carbocycles. The van der Waals surface area contributed by atoms with Crippen LogP contribution in [-0.4, -0.2) is 23.4 Å². The lowest BCUT2D eigenvalue weighted by Gasteiger charge is -2.13. The van der Waals surface area contributed by atoms with Crippen LogP contribution in [0.4, 0.5) is 18.9 Å². The Hall–Kier alpha value is -2.84. The topological polar surface area (TPSA) is 74.5 Å². The molecule has 0 atom stereocenters. The lowest BCUT2D eigenvalue weighted by atomic mass is 10.1. The first-order valence-corrected chi connectivity index (χ1v) is 6.26. The smallest absolute Gasteiger partial charge is 0.496 e. The molecule has 9 heteroatoms. The molecular formula is C14H11F3N2O4. The second-order valence-corrected chi connectivity index (χ2v) is 4.53. The molecule has 122 valence electrons. The average molecular weight is 328 g/mol. The van der Waals surface area contributed by atoms with Gasteiger partial charge in [-0.2, -0.15) is 0 Å². The largest absolute Gasteiger partial charge is 0.573 e. The van der Waals surface area contributed by atoms with Gasteiger partial charge in [0.25, 0.3) is 5.69 Å². The third kappa shape index (κ3) is 3.87. The molecule has 0 spiro atoms. The monoisotopic (exact) mass is 328 g/mol. The minimum atomic E-state index is -4.81. The number of nitro groups is 1. The second kappa shape index (κ2) is 6.11. The Labute approximate surface area is 128 Å². The molecule has 0 unspecified atom stereocenters. The summed E-state index contributed by atoms with van der Waals surface area (Å²) in [5.74, 6) is -0.325. The van der Waals surface area contributed by atoms with E-state index >= 15 is 0 Å². The van der Waals surface area contributed by atoms with Crippen LogP contribution in [0.15, 0.2) is 30.5 Å². The fourth-order valence-electron chi connectivity index (χ4n) is 2.01. The van der Waals surface area contributed by atoms with Crippen molar-refractivity contribution in [2.75, 3.05) is 7.11 Å². The number of benzene rings is 1. The van der Waals surface area contributed by atoms with E-state index < -0.39 is 17.0 Å². The molecule has 0 amide bonds. The minimum Gasteiger partial charge on any atom is -0.496 e. The lowest BCUT2D eigenvalue weighted by molar-refractivity contribution is -0.385. The molecule has 0 aliphatic carbocycles. The number of aromatic nitrogens is 1. The molecule has 6 nitrogen and oxygen atoms in total. The van der Waals surface area contributed by atoms with Crippen molar-refractivity contribution < 1.29 is 27.6 Å². The standard InChI is InChI=1S/C14H11F3N2O4/c1-8-5-9(19(20)21)7-18-13(8)11-4-3-10(6-12(11)22-2)23-14(15,16)17/h3-7H,1-2H3. The molecule has 0 radical (unpaired) electrons. The normalized spacial score (nSPS) is 11.2. The number of methoxy groups -OCH3 is 1. The highest BCUT2D eigenvalue weighted by Gasteiger charge is 2.31. The van der Waals surface area contributed by atoms with Crippen molar-refractivity contribution in [1.29, 1.82) is 0 Å². The van der Waals surface area contributed by atoms with Gasteiger partial charge in [-0.05, 0) is 24.6 Å². The Morgan fingerprint density at radius 1 is 1.26 bits per heavy atom. The van der Waals surface area contributed by atoms with Crippen molar-refractivity contribution in [3.63, 3.8) is 0 Å². The highest BCUT2D eigenvalue weighted by atomic mass is 19.4. The van der Waals surface area contributed by atoms with E-state index in [2.05, 4.69) is 9.72 Å². The molecule has 0 aliphatic heterocycles. The van der Waals surface area contributed by atoms with Gasteiger partial charge in [0.2, 0.25) is 0 Å². The van der Waals surface area contributed by atoms with E-state index in [-0.39, 0.29) is 11.4 Å². The Kier molecular flexibility index (Phi) is 4.39. The van der Waals surface area contributed by atoms with Crippen molar-refractivity contribution >= 4 is 5.69 Å². The van der Waals surface area contributed by atoms with Crippen LogP contribution < -0.4 is 9.47 Å². The quantitative estimate of drug-likeness (QED) is 0.629. The second-order valence-electron chi connectivity index (χ2n) is 4.53. The Morgan fingerprint density at radius 3 is 2.48 bits per heavy atom. The first-order chi connectivity index (χ1) is 10.7. The van der Waals surface area contributed by atoms with Crippen LogP contribution in [-0.2, 0) is 0 Å². The highest BCUT2D eigenvalue weighted by Crippen LogP contribution is 2.36. The van der Waals surface area contributed by atoms with E-state index in [0.717, 1.165) is 18.3 Å². The first-order valence-electron chi connectivity index (χ1n) is 6.26. The molecule has 0 bridgehead atoms. The maximum Gasteiger partial charge on any atom is 0.573 e. The fraction of sp³-hybridized carbons (Fsp3) is 0.214. The van der Waals surface area contributed by atoms with Gasteiger partial charge >= 0.3 is 6.36 Å². The third-order valence-electron chi connectivity index (χ3n) is 2.94. The summed E-state index contributed by atoms with van der Waals surface area (Å²) in [5, 5.41) is 10.7. The van der Waals surface area contributed by atoms with Crippen LogP contribution >= 0.6 is 0 Å². The number of aryl methyl sites for hydroxylation is 1. The summed E-state index contributed by atoms with van der Waals surface area (Å²) >= 11 is 0. The molecule has 0 fully saturated rings. The van der Waals surface area contributed by atoms with Gasteiger partial charge in [0.1, 0.15) is 17.7 Å². The number of nitrogens with zero attached hydrogens (tertiary/aromatic N) is 2. The van der Waals surface area contributed by atoms with Crippen LogP contribution in [0.25, 0.3) is 11.3 Å². The predicted octanol–water partition coefficient (Wildman–Crippen LogP) is 3.87. The summed E-state index contributed by atoms with van der Waals surface area (Å²) in [6, 6.07) is 4.86. The molecule has 0 N–H and O–H groups in total. The average Bonchev–Trinajstić information content (AvgIpc) is 2.45. The summed E-state index contributed by atoms with van der Waals surface area (Å²) in [4.78, 5) is 14.1. The number of pyridine rings is 1. The Morgan fingerprint density at radius 2 is 1.96 bits per heavy atom. The highest BCUT2D eigenvalue weighted by molar-refractivity contribution is 5.71. The summed E-state index contributed by atoms with van der Waals surface area (Å²) in [7, 11) is 1.29. The van der Waals surface area contributed by atoms with E-state index in [1.165, 1.54) is 19.2 Å². The molecule has 2 rings (SSSR count). The van der Waals surface area contributed by atoms with Gasteiger partial charge in [-0.25, -0.2) is 4.98 Å². The number of rotatable bonds is 4. The van der Waals surface area contributed by atoms with Crippen LogP contribution in [0, 0.1) is 17.0 Å². The van der Waals surface area contributed by atoms with Crippen molar-refractivity contribution in [3.8, 4) is 22.8 Å². The molecular weight excluding hydrogens is 317 g/mol. The Balaban J connectivity index is 2.45. The van der Waals surface area contributed by atoms with Crippen LogP contribution in [0.3, 0.4) is 0 Å². The van der Waals surface area contributed by atoms with Crippen molar-refractivity contribution in [3.05, 3.63) is 46.1 Å². The first kappa shape index (κ1) is 16.5. The third-order valence-corrected chi connectivity index (χ3v) is 2.94. The Bertz CT molecular complexity index is 747. The number of alkyl halides is 3. The van der Waals surface area contributed by atoms with Gasteiger partial charge in [-0.15, -0.1) is 13.2 Å². The maximum absolute atomic E-state index is 12.2. The maximum atomic E-state index is 12.2. The van der Waals surface area contributed by atoms with E-state index in [4.69, 9.17) is 4.74 Å². The molecule has 0 saturated carbocycles. The predicted molar refractivity (Wildman–Crippen MR) is 74.3 cm³/mol. The zero-order valence-corrected chi connectivity index (χ0v) is 12.0. The van der Waals surface area contributed by atoms with Gasteiger partial charge in [0.05, 0.1) is 17.7 Å². The van der Waals surface area contributed by atoms with E-state index in [9.17, 15) is 23.3 Å². The summed E-state index contributed by atoms with van der Waals surface area (Å²) in [6.45, 7) is 1.61. The lowest BCUT2D eigenvalue weighted by Crippen LogP contribution is -2.17. The van der Waals surface area contributed by atoms with Crippen LogP contribution in [0.1, 0.15) is 5.56 Å². The SMILES string of the molecule is COc1cc(OC(F)(F)F)ccc1-c1ncc([N+](=O)[O-])cc1C. The van der Waals surface area contributed by atoms with Crippen molar-refractivity contribution in [1.82, 2.24) is 4.98 Å². The molecule has 0 saturated heterocycles. The molecule has 1 heterocycles. The van der Waals surface area contributed by atoms with E-state index in [1.54, 1.807) is 6.92 Å². The molecule has 1 aromatic heterocycles. The van der Waals surface area contributed by atoms with E-state index in [1.807, 2.05) is 0 Å².